The van der Waals surface area contributed by atoms with Crippen LogP contribution in [0, 0.1) is 0 Å². The molecule has 4 aromatic carbocycles. The topological polar surface area (TPSA) is 43.4 Å². The number of hydrogen-bond donors (Lipinski definition) is 0. The predicted octanol–water partition coefficient (Wildman–Crippen LogP) is 6.52. The van der Waals surface area contributed by atoms with E-state index in [9.17, 15) is 0 Å². The molecule has 0 fully saturated rings. The second kappa shape index (κ2) is 18.8. The fourth-order valence-electron chi connectivity index (χ4n) is 5.11. The van der Waals surface area contributed by atoms with Crippen molar-refractivity contribution in [3.63, 3.8) is 0 Å². The Balaban J connectivity index is 0.00000162. The first-order valence-corrected chi connectivity index (χ1v) is 22.2. The SMILES string of the molecule is CCN(N(CC)[PH+](c1ccccc1OC)c1ccccc1OC)[PH+](c1ccccc1OC)c1ccccc1OC.[Cl][Pt][Cl]. The van der Waals surface area contributed by atoms with Gasteiger partial charge in [-0.3, -0.25) is 0 Å². The Labute approximate surface area is 275 Å². The first kappa shape index (κ1) is 35.6. The normalized spacial score (nSPS) is 11.1. The molecular formula is C32H40Cl2N2O4P2Pt+2. The molecule has 0 heterocycles. The molecule has 0 aliphatic carbocycles. The molecule has 0 bridgehead atoms. The fraction of sp³-hybridized carbons (Fsp3) is 0.250. The van der Waals surface area contributed by atoms with Crippen LogP contribution in [0.2, 0.25) is 0 Å². The van der Waals surface area contributed by atoms with Gasteiger partial charge in [0.15, 0.2) is 60.4 Å². The van der Waals surface area contributed by atoms with E-state index in [4.69, 9.17) is 37.8 Å². The molecule has 0 saturated carbocycles. The van der Waals surface area contributed by atoms with Gasteiger partial charge in [-0.2, -0.15) is 0 Å². The molecule has 0 N–H and O–H groups in total. The molecule has 234 valence electrons. The van der Waals surface area contributed by atoms with Gasteiger partial charge in [0.25, 0.3) is 0 Å². The molecule has 0 atom stereocenters. The standard InChI is InChI=1S/C32H38N2O4P2.2ClH.Pt/c1-7-33(39(29-21-13-9-17-25(29)35-3)30-22-14-10-18-26(30)36-4)34(8-2)40(31-23-15-11-19-27(31)37-5)32-24-16-12-20-28(32)38-6;;;/h9-24H,7-8H2,1-6H3;2*1H;/q;;;+2. The number of nitrogens with zero attached hydrogens (tertiary/aromatic N) is 2. The van der Waals surface area contributed by atoms with E-state index < -0.39 is 32.6 Å². The summed E-state index contributed by atoms with van der Waals surface area (Å²) in [5, 5.41) is 4.67. The minimum atomic E-state index is -1.63. The summed E-state index contributed by atoms with van der Waals surface area (Å²) >= 11 is -0.472. The quantitative estimate of drug-likeness (QED) is 0.113. The Morgan fingerprint density at radius 2 is 0.698 bits per heavy atom. The van der Waals surface area contributed by atoms with E-state index in [0.717, 1.165) is 36.1 Å². The van der Waals surface area contributed by atoms with Crippen molar-refractivity contribution in [2.45, 2.75) is 13.8 Å². The Bertz CT molecular complexity index is 1220. The average Bonchev–Trinajstić information content (AvgIpc) is 3.06. The van der Waals surface area contributed by atoms with Crippen LogP contribution in [0.3, 0.4) is 0 Å². The van der Waals surface area contributed by atoms with Crippen LogP contribution < -0.4 is 40.2 Å². The summed E-state index contributed by atoms with van der Waals surface area (Å²) in [6.07, 6.45) is 0. The molecule has 4 rings (SSSR count). The molecule has 11 heteroatoms. The summed E-state index contributed by atoms with van der Waals surface area (Å²) in [6, 6.07) is 33.4. The molecule has 0 aromatic heterocycles. The molecule has 0 aliphatic rings. The summed E-state index contributed by atoms with van der Waals surface area (Å²) in [4.78, 5) is 0. The zero-order valence-corrected chi connectivity index (χ0v) is 31.0. The third-order valence-electron chi connectivity index (χ3n) is 6.86. The molecule has 0 radical (unpaired) electrons. The number of hydrazine groups is 1. The van der Waals surface area contributed by atoms with Crippen molar-refractivity contribution in [1.82, 2.24) is 9.56 Å². The summed E-state index contributed by atoms with van der Waals surface area (Å²) in [5.74, 6) is 3.50. The predicted molar refractivity (Wildman–Crippen MR) is 184 cm³/mol. The van der Waals surface area contributed by atoms with Crippen LogP contribution in [0.1, 0.15) is 13.8 Å². The second-order valence-corrected chi connectivity index (χ2v) is 16.8. The second-order valence-electron chi connectivity index (χ2n) is 8.98. The third kappa shape index (κ3) is 8.65. The summed E-state index contributed by atoms with van der Waals surface area (Å²) in [6.45, 7) is 6.03. The van der Waals surface area contributed by atoms with Crippen LogP contribution in [0.25, 0.3) is 0 Å². The molecule has 0 spiro atoms. The number of methoxy groups -OCH3 is 4. The average molecular weight is 845 g/mol. The van der Waals surface area contributed by atoms with Crippen LogP contribution >= 0.6 is 35.0 Å². The maximum atomic E-state index is 5.94. The van der Waals surface area contributed by atoms with Gasteiger partial charge in [0, 0.05) is 0 Å². The van der Waals surface area contributed by atoms with E-state index in [0.29, 0.717) is 0 Å². The monoisotopic (exact) mass is 843 g/mol. The number of rotatable bonds is 13. The Morgan fingerprint density at radius 3 is 0.884 bits per heavy atom. The van der Waals surface area contributed by atoms with Crippen LogP contribution in [0.4, 0.5) is 0 Å². The van der Waals surface area contributed by atoms with Gasteiger partial charge in [-0.25, -0.2) is 0 Å². The van der Waals surface area contributed by atoms with Gasteiger partial charge < -0.3 is 18.9 Å². The van der Waals surface area contributed by atoms with Crippen molar-refractivity contribution >= 4 is 56.2 Å². The number of hydrogen-bond acceptors (Lipinski definition) is 6. The van der Waals surface area contributed by atoms with Crippen molar-refractivity contribution in [3.05, 3.63) is 97.1 Å². The van der Waals surface area contributed by atoms with Crippen LogP contribution in [-0.4, -0.2) is 51.1 Å². The number of ether oxygens (including phenoxy) is 4. The molecule has 0 aliphatic heterocycles. The van der Waals surface area contributed by atoms with Gasteiger partial charge in [-0.1, -0.05) is 58.1 Å². The molecule has 4 aromatic rings. The number of para-hydroxylation sites is 4. The van der Waals surface area contributed by atoms with E-state index >= 15 is 0 Å². The molecule has 0 saturated heterocycles. The van der Waals surface area contributed by atoms with E-state index in [2.05, 4.69) is 71.9 Å². The molecule has 0 unspecified atom stereocenters. The van der Waals surface area contributed by atoms with E-state index in [1.165, 1.54) is 21.2 Å². The summed E-state index contributed by atoms with van der Waals surface area (Å²) < 4.78 is 28.9. The van der Waals surface area contributed by atoms with Gasteiger partial charge in [-0.15, -0.1) is 0 Å². The van der Waals surface area contributed by atoms with Crippen LogP contribution in [0.15, 0.2) is 97.1 Å². The van der Waals surface area contributed by atoms with Crippen molar-refractivity contribution in [3.8, 4) is 23.0 Å². The van der Waals surface area contributed by atoms with Crippen molar-refractivity contribution < 1.29 is 35.4 Å². The molecule has 0 amide bonds. The van der Waals surface area contributed by atoms with Gasteiger partial charge >= 0.3 is 35.3 Å². The Hall–Kier alpha value is -1.87. The summed E-state index contributed by atoms with van der Waals surface area (Å²) in [7, 11) is 13.5. The van der Waals surface area contributed by atoms with Gasteiger partial charge in [0.2, 0.25) is 0 Å². The van der Waals surface area contributed by atoms with Crippen LogP contribution in [0.5, 0.6) is 23.0 Å². The Morgan fingerprint density at radius 1 is 0.488 bits per heavy atom. The van der Waals surface area contributed by atoms with Crippen molar-refractivity contribution in [1.29, 1.82) is 0 Å². The van der Waals surface area contributed by atoms with Crippen molar-refractivity contribution in [2.75, 3.05) is 41.5 Å². The first-order chi connectivity index (χ1) is 21.0. The molecule has 43 heavy (non-hydrogen) atoms. The zero-order valence-electron chi connectivity index (χ0n) is 25.3. The molecular weight excluding hydrogens is 804 g/mol. The zero-order chi connectivity index (χ0) is 31.2. The third-order valence-corrected chi connectivity index (χ3v) is 12.9. The number of benzene rings is 4. The molecule has 6 nitrogen and oxygen atoms in total. The minimum absolute atomic E-state index is 0.472. The fourth-order valence-corrected chi connectivity index (χ4v) is 11.5. The number of halogens is 2. The van der Waals surface area contributed by atoms with E-state index in [-0.39, 0.29) is 0 Å². The first-order valence-electron chi connectivity index (χ1n) is 13.7. The van der Waals surface area contributed by atoms with E-state index in [1.54, 1.807) is 28.4 Å². The van der Waals surface area contributed by atoms with Gasteiger partial charge in [0.1, 0.15) is 0 Å². The van der Waals surface area contributed by atoms with Gasteiger partial charge in [-0.05, 0) is 62.4 Å². The van der Waals surface area contributed by atoms with Crippen molar-refractivity contribution in [2.24, 2.45) is 0 Å². The maximum absolute atomic E-state index is 5.94. The van der Waals surface area contributed by atoms with E-state index in [1.807, 2.05) is 48.5 Å². The Kier molecular flexibility index (Phi) is 15.6. The van der Waals surface area contributed by atoms with Gasteiger partial charge in [0.05, 0.1) is 41.5 Å². The van der Waals surface area contributed by atoms with Crippen LogP contribution in [-0.2, 0) is 16.5 Å². The summed E-state index contributed by atoms with van der Waals surface area (Å²) in [5.41, 5.74) is 0.